The molecule has 1 amide bonds. The van der Waals surface area contributed by atoms with Crippen LogP contribution in [-0.4, -0.2) is 87.0 Å². The number of rotatable bonds is 22. The minimum Gasteiger partial charge on any atom is -0.457 e. The monoisotopic (exact) mass is 891 g/mol. The summed E-state index contributed by atoms with van der Waals surface area (Å²) < 4.78 is 75.6. The van der Waals surface area contributed by atoms with Gasteiger partial charge in [-0.05, 0) is 34.7 Å². The van der Waals surface area contributed by atoms with Crippen LogP contribution in [0, 0.1) is 0 Å². The van der Waals surface area contributed by atoms with Crippen LogP contribution < -0.4 is 5.32 Å². The number of esters is 1. The number of hydrogen-bond donors (Lipinski definition) is 1. The van der Waals surface area contributed by atoms with Gasteiger partial charge in [0.15, 0.2) is 12.4 Å². The molecule has 5 unspecified atom stereocenters. The van der Waals surface area contributed by atoms with Gasteiger partial charge in [-0.15, -0.1) is 0 Å². The van der Waals surface area contributed by atoms with E-state index in [1.165, 1.54) is 7.05 Å². The van der Waals surface area contributed by atoms with Crippen LogP contribution >= 0.6 is 0 Å². The molecular weight excluding hydrogens is 834 g/mol. The van der Waals surface area contributed by atoms with Crippen molar-refractivity contribution in [1.29, 1.82) is 0 Å². The summed E-state index contributed by atoms with van der Waals surface area (Å²) in [5, 5.41) is 2.54. The first kappa shape index (κ1) is 47.6. The summed E-state index contributed by atoms with van der Waals surface area (Å²) in [4.78, 5) is 25.5. The summed E-state index contributed by atoms with van der Waals surface area (Å²) in [5.41, 5.74) is 4.34. The number of ether oxygens (including phenoxy) is 9. The first-order chi connectivity index (χ1) is 31.8. The third-order valence-electron chi connectivity index (χ3n) is 11.2. The molecule has 12 nitrogen and oxygen atoms in total. The van der Waals surface area contributed by atoms with Crippen molar-refractivity contribution in [2.24, 2.45) is 0 Å². The topological polar surface area (TPSA) is 129 Å². The molecule has 13 heteroatoms. The maximum absolute atomic E-state index is 16.9. The maximum Gasteiger partial charge on any atom is 0.306 e. The summed E-state index contributed by atoms with van der Waals surface area (Å²) >= 11 is 0. The minimum absolute atomic E-state index is 0.0349. The lowest BCUT2D eigenvalue weighted by Crippen LogP contribution is -2.65. The van der Waals surface area contributed by atoms with Gasteiger partial charge >= 0.3 is 5.97 Å². The van der Waals surface area contributed by atoms with Gasteiger partial charge in [0.2, 0.25) is 12.3 Å². The average Bonchev–Trinajstić information content (AvgIpc) is 3.34. The van der Waals surface area contributed by atoms with Gasteiger partial charge in [-0.25, -0.2) is 4.39 Å². The fourth-order valence-electron chi connectivity index (χ4n) is 7.78. The lowest BCUT2D eigenvalue weighted by atomic mass is 9.96. The first-order valence-electron chi connectivity index (χ1n) is 22.1. The van der Waals surface area contributed by atoms with E-state index in [1.54, 1.807) is 6.92 Å². The van der Waals surface area contributed by atoms with Crippen molar-refractivity contribution in [1.82, 2.24) is 5.32 Å². The van der Waals surface area contributed by atoms with Crippen molar-refractivity contribution in [3.63, 3.8) is 0 Å². The molecule has 65 heavy (non-hydrogen) atoms. The Morgan fingerprint density at radius 2 is 0.954 bits per heavy atom. The summed E-state index contributed by atoms with van der Waals surface area (Å²) in [6.07, 6.45) is -11.7. The van der Waals surface area contributed by atoms with Crippen molar-refractivity contribution in [3.8, 4) is 0 Å². The summed E-state index contributed by atoms with van der Waals surface area (Å²) in [7, 11) is 1.51. The van der Waals surface area contributed by atoms with E-state index in [2.05, 4.69) is 5.32 Å². The van der Waals surface area contributed by atoms with Crippen LogP contribution in [0.1, 0.15) is 47.6 Å². The molecule has 0 aromatic heterocycles. The molecule has 2 aliphatic rings. The fraction of sp³-hybridized carbons (Fsp3) is 0.385. The number of carbonyl (C=O) groups is 2. The van der Waals surface area contributed by atoms with Crippen LogP contribution in [0.5, 0.6) is 0 Å². The molecule has 10 atom stereocenters. The van der Waals surface area contributed by atoms with Crippen LogP contribution in [0.2, 0.25) is 0 Å². The highest BCUT2D eigenvalue weighted by atomic mass is 19.1. The third-order valence-corrected chi connectivity index (χ3v) is 11.2. The molecule has 2 saturated heterocycles. The van der Waals surface area contributed by atoms with Gasteiger partial charge in [-0.3, -0.25) is 9.59 Å². The van der Waals surface area contributed by atoms with E-state index in [0.29, 0.717) is 0 Å². The van der Waals surface area contributed by atoms with Gasteiger partial charge in [0.1, 0.15) is 36.6 Å². The third kappa shape index (κ3) is 14.1. The molecule has 5 aromatic rings. The predicted molar refractivity (Wildman–Crippen MR) is 238 cm³/mol. The van der Waals surface area contributed by atoms with Gasteiger partial charge in [-0.2, -0.15) is 0 Å². The molecule has 0 aliphatic carbocycles. The Morgan fingerprint density at radius 3 is 1.43 bits per heavy atom. The number of hydrogen-bond acceptors (Lipinski definition) is 11. The van der Waals surface area contributed by atoms with Crippen LogP contribution in [-0.2, 0) is 85.3 Å². The maximum atomic E-state index is 16.9. The van der Waals surface area contributed by atoms with E-state index >= 15 is 4.39 Å². The van der Waals surface area contributed by atoms with Crippen molar-refractivity contribution in [3.05, 3.63) is 179 Å². The number of benzene rings is 5. The minimum atomic E-state index is -1.98. The predicted octanol–water partition coefficient (Wildman–Crippen LogP) is 7.81. The second kappa shape index (κ2) is 24.8. The van der Waals surface area contributed by atoms with Crippen molar-refractivity contribution < 1.29 is 56.6 Å². The van der Waals surface area contributed by atoms with E-state index in [9.17, 15) is 9.59 Å². The summed E-state index contributed by atoms with van der Waals surface area (Å²) in [5.74, 6) is -0.917. The molecule has 0 spiro atoms. The Bertz CT molecular complexity index is 2140. The standard InChI is InChI=1S/C52H58FNO11/c1-36-45(64-44(56)29-28-43(55)54-2)47(59-32-39-22-12-5-13-23-39)50(61-34-41-26-16-7-17-27-41)52(62-36)65-48-46(58-31-38-20-10-4-11-21-38)42(35-57-30-37-18-8-3-9-19-37)63-51(53)49(48)60-33-40-24-14-6-15-25-40/h3-27,36,42,45-52H,28-35H2,1-2H3,(H,54,55)/t36?,42?,45-,46+,47-,48+,49?,50?,51+,52?/m1/s1. The van der Waals surface area contributed by atoms with Crippen LogP contribution in [0.3, 0.4) is 0 Å². The molecule has 0 bridgehead atoms. The SMILES string of the molecule is CNC(=O)CCC(=O)O[C@@H]1C(C)OC(O[C@@H]2C(OCc3ccccc3)[C@@H](F)OC(COCc3ccccc3)[C@@H]2OCc2ccccc2)C(OCc2ccccc2)[C@@H]1OCc1ccccc1. The highest BCUT2D eigenvalue weighted by Gasteiger charge is 2.54. The molecule has 5 aromatic carbocycles. The normalized spacial score (nSPS) is 25.4. The number of halogens is 1. The van der Waals surface area contributed by atoms with Crippen molar-refractivity contribution >= 4 is 11.9 Å². The second-order valence-corrected chi connectivity index (χ2v) is 16.0. The Balaban J connectivity index is 1.24. The first-order valence-corrected chi connectivity index (χ1v) is 22.1. The Kier molecular flexibility index (Phi) is 18.2. The zero-order valence-electron chi connectivity index (χ0n) is 36.7. The molecule has 2 fully saturated rings. The molecule has 344 valence electrons. The smallest absolute Gasteiger partial charge is 0.306 e. The van der Waals surface area contributed by atoms with Gasteiger partial charge in [0, 0.05) is 13.5 Å². The van der Waals surface area contributed by atoms with E-state index < -0.39 is 67.4 Å². The van der Waals surface area contributed by atoms with E-state index in [1.807, 2.05) is 152 Å². The van der Waals surface area contributed by atoms with E-state index in [0.717, 1.165) is 27.8 Å². The van der Waals surface area contributed by atoms with E-state index in [-0.39, 0.29) is 58.4 Å². The number of amides is 1. The van der Waals surface area contributed by atoms with Crippen molar-refractivity contribution in [2.45, 2.75) is 114 Å². The Morgan fingerprint density at radius 1 is 0.523 bits per heavy atom. The largest absolute Gasteiger partial charge is 0.457 e. The van der Waals surface area contributed by atoms with Crippen LogP contribution in [0.15, 0.2) is 152 Å². The zero-order chi connectivity index (χ0) is 45.2. The molecule has 7 rings (SSSR count). The number of carbonyl (C=O) groups excluding carboxylic acids is 2. The highest BCUT2D eigenvalue weighted by Crippen LogP contribution is 2.36. The Hall–Kier alpha value is -5.35. The lowest BCUT2D eigenvalue weighted by Gasteiger charge is -2.49. The number of alkyl halides is 1. The van der Waals surface area contributed by atoms with E-state index in [4.69, 9.17) is 42.6 Å². The highest BCUT2D eigenvalue weighted by molar-refractivity contribution is 5.81. The van der Waals surface area contributed by atoms with Gasteiger partial charge in [0.25, 0.3) is 0 Å². The lowest BCUT2D eigenvalue weighted by molar-refractivity contribution is -0.363. The van der Waals surface area contributed by atoms with Gasteiger partial charge < -0.3 is 47.9 Å². The van der Waals surface area contributed by atoms with Crippen LogP contribution in [0.4, 0.5) is 4.39 Å². The molecular formula is C52H58FNO11. The fourth-order valence-corrected chi connectivity index (χ4v) is 7.78. The van der Waals surface area contributed by atoms with Crippen LogP contribution in [0.25, 0.3) is 0 Å². The average molecular weight is 892 g/mol. The molecule has 2 heterocycles. The Labute approximate surface area is 380 Å². The van der Waals surface area contributed by atoms with Gasteiger partial charge in [0.05, 0.1) is 52.2 Å². The quantitative estimate of drug-likeness (QED) is 0.0684. The van der Waals surface area contributed by atoms with Gasteiger partial charge in [-0.1, -0.05) is 152 Å². The number of nitrogens with one attached hydrogen (secondary N) is 1. The molecule has 0 radical (unpaired) electrons. The molecule has 2 aliphatic heterocycles. The summed E-state index contributed by atoms with van der Waals surface area (Å²) in [6, 6.07) is 47.8. The molecule has 1 N–H and O–H groups in total. The van der Waals surface area contributed by atoms with Crippen molar-refractivity contribution in [2.75, 3.05) is 13.7 Å². The second-order valence-electron chi connectivity index (χ2n) is 16.0. The zero-order valence-corrected chi connectivity index (χ0v) is 36.7. The summed E-state index contributed by atoms with van der Waals surface area (Å²) in [6.45, 7) is 2.37. The molecule has 0 saturated carbocycles.